The lowest BCUT2D eigenvalue weighted by atomic mass is 10.2. The van der Waals surface area contributed by atoms with Gasteiger partial charge in [0.25, 0.3) is 0 Å². The monoisotopic (exact) mass is 506 g/mol. The zero-order valence-corrected chi connectivity index (χ0v) is 12.7. The molecule has 0 saturated carbocycles. The Bertz CT molecular complexity index is 429. The molecule has 16 heteroatoms. The standard InChI is InChI=1S/C8H4F13IO2/c9-3(1-2-22,5(11,12)13)23-7(17,18)4(10,6(14,15)16)24-8(19,20)21/h1-2H2. The fourth-order valence-electron chi connectivity index (χ4n) is 1.08. The molecule has 0 aliphatic heterocycles. The van der Waals surface area contributed by atoms with E-state index in [-0.39, 0.29) is 0 Å². The van der Waals surface area contributed by atoms with Crippen molar-refractivity contribution in [2.45, 2.75) is 43.0 Å². The molecule has 0 aromatic rings. The van der Waals surface area contributed by atoms with Gasteiger partial charge in [0.2, 0.25) is 0 Å². The minimum absolute atomic E-state index is 0.971. The molecule has 0 fully saturated rings. The minimum Gasteiger partial charge on any atom is -0.270 e. The molecule has 0 bridgehead atoms. The summed E-state index contributed by atoms with van der Waals surface area (Å²) in [5, 5.41) is 0. The largest absolute Gasteiger partial charge is 0.525 e. The van der Waals surface area contributed by atoms with Crippen LogP contribution in [-0.2, 0) is 9.47 Å². The Kier molecular flexibility index (Phi) is 6.73. The highest BCUT2D eigenvalue weighted by Gasteiger charge is 2.80. The number of halogens is 14. The summed E-state index contributed by atoms with van der Waals surface area (Å²) in [5.41, 5.74) is 0. The normalized spacial score (nSPS) is 19.8. The summed E-state index contributed by atoms with van der Waals surface area (Å²) in [6.07, 6.45) is -29.5. The van der Waals surface area contributed by atoms with Crippen LogP contribution in [0.2, 0.25) is 0 Å². The Morgan fingerprint density at radius 3 is 1.29 bits per heavy atom. The third kappa shape index (κ3) is 5.12. The SMILES string of the molecule is FC(F)(F)OC(F)(C(F)(F)F)C(F)(F)OC(F)(CCI)C(F)(F)F. The molecule has 0 amide bonds. The average molecular weight is 506 g/mol. The van der Waals surface area contributed by atoms with Crippen molar-refractivity contribution in [2.24, 2.45) is 0 Å². The summed E-state index contributed by atoms with van der Waals surface area (Å²) < 4.78 is 165. The Labute approximate surface area is 137 Å². The topological polar surface area (TPSA) is 18.5 Å². The van der Waals surface area contributed by atoms with Crippen molar-refractivity contribution < 1.29 is 66.5 Å². The second kappa shape index (κ2) is 6.81. The molecule has 0 aromatic carbocycles. The predicted octanol–water partition coefficient (Wildman–Crippen LogP) is 5.41. The van der Waals surface area contributed by atoms with Gasteiger partial charge in [-0.25, -0.2) is 9.13 Å². The highest BCUT2D eigenvalue weighted by Crippen LogP contribution is 2.53. The first-order valence-corrected chi connectivity index (χ1v) is 6.67. The number of ether oxygens (including phenoxy) is 2. The summed E-state index contributed by atoms with van der Waals surface area (Å²) in [6.45, 7) is 0. The molecule has 0 aliphatic carbocycles. The van der Waals surface area contributed by atoms with Gasteiger partial charge in [0.15, 0.2) is 0 Å². The molecular formula is C8H4F13IO2. The first-order valence-electron chi connectivity index (χ1n) is 5.14. The Hall–Kier alpha value is -0.260. The lowest BCUT2D eigenvalue weighted by molar-refractivity contribution is -0.543. The van der Waals surface area contributed by atoms with Crippen LogP contribution in [0.15, 0.2) is 0 Å². The summed E-state index contributed by atoms with van der Waals surface area (Å²) in [4.78, 5) is 0. The van der Waals surface area contributed by atoms with E-state index >= 15 is 0 Å². The highest BCUT2D eigenvalue weighted by molar-refractivity contribution is 14.1. The summed E-state index contributed by atoms with van der Waals surface area (Å²) >= 11 is 0.971. The van der Waals surface area contributed by atoms with Crippen LogP contribution in [0, 0.1) is 0 Å². The summed E-state index contributed by atoms with van der Waals surface area (Å²) in [7, 11) is 0. The van der Waals surface area contributed by atoms with Gasteiger partial charge in [0.05, 0.1) is 0 Å². The van der Waals surface area contributed by atoms with Crippen LogP contribution in [0.25, 0.3) is 0 Å². The maximum Gasteiger partial charge on any atom is 0.525 e. The van der Waals surface area contributed by atoms with E-state index in [9.17, 15) is 57.1 Å². The fourth-order valence-corrected chi connectivity index (χ4v) is 1.78. The van der Waals surface area contributed by atoms with Crippen molar-refractivity contribution in [1.29, 1.82) is 0 Å². The van der Waals surface area contributed by atoms with Gasteiger partial charge < -0.3 is 0 Å². The van der Waals surface area contributed by atoms with Crippen molar-refractivity contribution in [2.75, 3.05) is 4.43 Å². The third-order valence-corrected chi connectivity index (χ3v) is 2.66. The second-order valence-electron chi connectivity index (χ2n) is 3.92. The van der Waals surface area contributed by atoms with Crippen LogP contribution in [0.1, 0.15) is 6.42 Å². The van der Waals surface area contributed by atoms with E-state index in [1.165, 1.54) is 0 Å². The Morgan fingerprint density at radius 2 is 1.04 bits per heavy atom. The van der Waals surface area contributed by atoms with E-state index in [2.05, 4.69) is 4.74 Å². The summed E-state index contributed by atoms with van der Waals surface area (Å²) in [6, 6.07) is 0. The molecular weight excluding hydrogens is 502 g/mol. The van der Waals surface area contributed by atoms with Crippen LogP contribution in [0.3, 0.4) is 0 Å². The van der Waals surface area contributed by atoms with Gasteiger partial charge in [0, 0.05) is 10.8 Å². The van der Waals surface area contributed by atoms with Crippen LogP contribution < -0.4 is 0 Å². The number of hydrogen-bond donors (Lipinski definition) is 0. The lowest BCUT2D eigenvalue weighted by Gasteiger charge is -2.38. The van der Waals surface area contributed by atoms with Gasteiger partial charge >= 0.3 is 36.5 Å². The second-order valence-corrected chi connectivity index (χ2v) is 5.00. The Balaban J connectivity index is 6.03. The van der Waals surface area contributed by atoms with Crippen LogP contribution in [-0.4, -0.2) is 41.0 Å². The Morgan fingerprint density at radius 1 is 0.625 bits per heavy atom. The first kappa shape index (κ1) is 23.7. The van der Waals surface area contributed by atoms with Gasteiger partial charge in [-0.05, 0) is 0 Å². The minimum atomic E-state index is -7.23. The van der Waals surface area contributed by atoms with Gasteiger partial charge in [-0.2, -0.15) is 39.5 Å². The van der Waals surface area contributed by atoms with E-state index in [4.69, 9.17) is 0 Å². The van der Waals surface area contributed by atoms with Crippen molar-refractivity contribution >= 4 is 22.6 Å². The molecule has 2 atom stereocenters. The zero-order chi connectivity index (χ0) is 19.8. The van der Waals surface area contributed by atoms with Gasteiger partial charge in [-0.1, -0.05) is 22.6 Å². The molecule has 0 spiro atoms. The number of rotatable bonds is 6. The van der Waals surface area contributed by atoms with Crippen LogP contribution in [0.4, 0.5) is 57.1 Å². The maximum absolute atomic E-state index is 13.4. The molecule has 0 aromatic heterocycles. The van der Waals surface area contributed by atoms with Crippen LogP contribution >= 0.6 is 22.6 Å². The van der Waals surface area contributed by atoms with Gasteiger partial charge in [-0.15, -0.1) is 13.2 Å². The number of hydrogen-bond acceptors (Lipinski definition) is 2. The smallest absolute Gasteiger partial charge is 0.270 e. The number of alkyl halides is 14. The van der Waals surface area contributed by atoms with Crippen molar-refractivity contribution in [3.05, 3.63) is 0 Å². The summed E-state index contributed by atoms with van der Waals surface area (Å²) in [5.74, 6) is -12.7. The molecule has 0 N–H and O–H groups in total. The van der Waals surface area contributed by atoms with E-state index in [1.807, 2.05) is 0 Å². The third-order valence-electron chi connectivity index (χ3n) is 2.12. The quantitative estimate of drug-likeness (QED) is 0.273. The van der Waals surface area contributed by atoms with E-state index in [0.717, 1.165) is 22.6 Å². The van der Waals surface area contributed by atoms with Gasteiger partial charge in [-0.3, -0.25) is 4.74 Å². The van der Waals surface area contributed by atoms with E-state index in [1.54, 1.807) is 4.74 Å². The van der Waals surface area contributed by atoms with Crippen LogP contribution in [0.5, 0.6) is 0 Å². The average Bonchev–Trinajstić information content (AvgIpc) is 2.22. The maximum atomic E-state index is 13.4. The van der Waals surface area contributed by atoms with Crippen molar-refractivity contribution in [3.63, 3.8) is 0 Å². The zero-order valence-electron chi connectivity index (χ0n) is 10.5. The van der Waals surface area contributed by atoms with E-state index < -0.39 is 47.4 Å². The molecule has 146 valence electrons. The molecule has 0 saturated heterocycles. The molecule has 2 unspecified atom stereocenters. The molecule has 2 nitrogen and oxygen atoms in total. The van der Waals surface area contributed by atoms with E-state index in [0.29, 0.717) is 0 Å². The molecule has 0 heterocycles. The molecule has 0 aliphatic rings. The van der Waals surface area contributed by atoms with Gasteiger partial charge in [0.1, 0.15) is 0 Å². The predicted molar refractivity (Wildman–Crippen MR) is 56.5 cm³/mol. The molecule has 0 rings (SSSR count). The molecule has 0 radical (unpaired) electrons. The lowest BCUT2D eigenvalue weighted by Crippen LogP contribution is -2.64. The van der Waals surface area contributed by atoms with Crippen molar-refractivity contribution in [1.82, 2.24) is 0 Å². The molecule has 24 heavy (non-hydrogen) atoms. The first-order chi connectivity index (χ1) is 10.2. The highest BCUT2D eigenvalue weighted by atomic mass is 127. The fraction of sp³-hybridized carbons (Fsp3) is 1.00. The van der Waals surface area contributed by atoms with Crippen molar-refractivity contribution in [3.8, 4) is 0 Å².